The third kappa shape index (κ3) is 2.57. The number of nitrogens with zero attached hydrogens (tertiary/aromatic N) is 1. The van der Waals surface area contributed by atoms with Crippen LogP contribution in [0.4, 0.5) is 0 Å². The Morgan fingerprint density at radius 3 is 2.65 bits per heavy atom. The molecule has 3 nitrogen and oxygen atoms in total. The second kappa shape index (κ2) is 5.38. The first-order valence-corrected chi connectivity index (χ1v) is 7.59. The minimum Gasteiger partial charge on any atom is -0.379 e. The van der Waals surface area contributed by atoms with Crippen molar-refractivity contribution in [2.45, 2.75) is 25.7 Å². The second-order valence-electron chi connectivity index (χ2n) is 6.20. The van der Waals surface area contributed by atoms with Crippen LogP contribution in [0.1, 0.15) is 31.2 Å². The maximum absolute atomic E-state index is 12.6. The molecule has 0 bridgehead atoms. The maximum Gasteiger partial charge on any atom is 0.233 e. The molecule has 0 spiro atoms. The first kappa shape index (κ1) is 13.9. The van der Waals surface area contributed by atoms with Gasteiger partial charge in [-0.3, -0.25) is 4.79 Å². The number of rotatable bonds is 2. The SMILES string of the molecule is CC1(C(=O)N2CCC[C@H](c3ccc(Cl)cc3)C2)COC1. The van der Waals surface area contributed by atoms with E-state index < -0.39 is 0 Å². The molecule has 0 saturated carbocycles. The van der Waals surface area contributed by atoms with Crippen molar-refractivity contribution in [3.8, 4) is 0 Å². The molecule has 108 valence electrons. The largest absolute Gasteiger partial charge is 0.379 e. The summed E-state index contributed by atoms with van der Waals surface area (Å²) in [5.74, 6) is 0.678. The van der Waals surface area contributed by atoms with Crippen molar-refractivity contribution in [1.82, 2.24) is 4.90 Å². The van der Waals surface area contributed by atoms with Gasteiger partial charge in [0.15, 0.2) is 0 Å². The molecular weight excluding hydrogens is 274 g/mol. The summed E-state index contributed by atoms with van der Waals surface area (Å²) in [5.41, 5.74) is 0.990. The van der Waals surface area contributed by atoms with Crippen molar-refractivity contribution in [2.24, 2.45) is 5.41 Å². The van der Waals surface area contributed by atoms with E-state index >= 15 is 0 Å². The number of carbonyl (C=O) groups excluding carboxylic acids is 1. The van der Waals surface area contributed by atoms with Crippen LogP contribution in [0.3, 0.4) is 0 Å². The normalized spacial score (nSPS) is 25.1. The fourth-order valence-corrected chi connectivity index (χ4v) is 3.21. The molecule has 4 heteroatoms. The second-order valence-corrected chi connectivity index (χ2v) is 6.63. The summed E-state index contributed by atoms with van der Waals surface area (Å²) in [7, 11) is 0. The lowest BCUT2D eigenvalue weighted by Crippen LogP contribution is -2.55. The summed E-state index contributed by atoms with van der Waals surface area (Å²) < 4.78 is 5.21. The molecule has 20 heavy (non-hydrogen) atoms. The van der Waals surface area contributed by atoms with Gasteiger partial charge in [-0.2, -0.15) is 0 Å². The minimum atomic E-state index is -0.290. The molecule has 2 fully saturated rings. The van der Waals surface area contributed by atoms with Crippen LogP contribution in [-0.4, -0.2) is 37.1 Å². The van der Waals surface area contributed by atoms with E-state index in [1.807, 2.05) is 24.0 Å². The van der Waals surface area contributed by atoms with Gasteiger partial charge in [0.2, 0.25) is 5.91 Å². The third-order valence-corrected chi connectivity index (χ3v) is 4.66. The molecule has 2 aliphatic heterocycles. The molecule has 3 rings (SSSR count). The molecule has 0 aromatic heterocycles. The fourth-order valence-electron chi connectivity index (χ4n) is 3.08. The third-order valence-electron chi connectivity index (χ3n) is 4.41. The highest BCUT2D eigenvalue weighted by molar-refractivity contribution is 6.30. The van der Waals surface area contributed by atoms with E-state index in [0.29, 0.717) is 19.1 Å². The summed E-state index contributed by atoms with van der Waals surface area (Å²) in [4.78, 5) is 14.6. The molecular formula is C16H20ClNO2. The minimum absolute atomic E-state index is 0.252. The van der Waals surface area contributed by atoms with Gasteiger partial charge in [-0.25, -0.2) is 0 Å². The molecule has 2 aliphatic rings. The number of hydrogen-bond donors (Lipinski definition) is 0. The van der Waals surface area contributed by atoms with E-state index in [9.17, 15) is 4.79 Å². The summed E-state index contributed by atoms with van der Waals surface area (Å²) >= 11 is 5.94. The van der Waals surface area contributed by atoms with Crippen LogP contribution in [0.5, 0.6) is 0 Å². The van der Waals surface area contributed by atoms with E-state index in [0.717, 1.165) is 31.0 Å². The highest BCUT2D eigenvalue weighted by Gasteiger charge is 2.44. The van der Waals surface area contributed by atoms with Gasteiger partial charge < -0.3 is 9.64 Å². The number of amides is 1. The quantitative estimate of drug-likeness (QED) is 0.839. The van der Waals surface area contributed by atoms with Crippen LogP contribution in [0.2, 0.25) is 5.02 Å². The zero-order chi connectivity index (χ0) is 14.2. The van der Waals surface area contributed by atoms with Gasteiger partial charge >= 0.3 is 0 Å². The van der Waals surface area contributed by atoms with Crippen LogP contribution in [0.25, 0.3) is 0 Å². The van der Waals surface area contributed by atoms with E-state index in [4.69, 9.17) is 16.3 Å². The van der Waals surface area contributed by atoms with Crippen LogP contribution in [-0.2, 0) is 9.53 Å². The van der Waals surface area contributed by atoms with Crippen molar-refractivity contribution in [1.29, 1.82) is 0 Å². The summed E-state index contributed by atoms with van der Waals surface area (Å²) in [6.07, 6.45) is 2.20. The highest BCUT2D eigenvalue weighted by Crippen LogP contribution is 2.33. The predicted octanol–water partition coefficient (Wildman–Crippen LogP) is 3.08. The molecule has 2 heterocycles. The Balaban J connectivity index is 1.70. The molecule has 2 saturated heterocycles. The predicted molar refractivity (Wildman–Crippen MR) is 78.9 cm³/mol. The van der Waals surface area contributed by atoms with Gasteiger partial charge in [0.05, 0.1) is 18.6 Å². The fraction of sp³-hybridized carbons (Fsp3) is 0.562. The van der Waals surface area contributed by atoms with Crippen molar-refractivity contribution < 1.29 is 9.53 Å². The number of halogens is 1. The van der Waals surface area contributed by atoms with Gasteiger partial charge in [0.25, 0.3) is 0 Å². The number of likely N-dealkylation sites (tertiary alicyclic amines) is 1. The van der Waals surface area contributed by atoms with Gasteiger partial charge in [0, 0.05) is 24.0 Å². The number of carbonyl (C=O) groups is 1. The van der Waals surface area contributed by atoms with E-state index in [1.165, 1.54) is 5.56 Å². The monoisotopic (exact) mass is 293 g/mol. The lowest BCUT2D eigenvalue weighted by Gasteiger charge is -2.43. The average molecular weight is 294 g/mol. The highest BCUT2D eigenvalue weighted by atomic mass is 35.5. The molecule has 0 unspecified atom stereocenters. The topological polar surface area (TPSA) is 29.5 Å². The Hall–Kier alpha value is -1.06. The Morgan fingerprint density at radius 1 is 1.35 bits per heavy atom. The number of hydrogen-bond acceptors (Lipinski definition) is 2. The molecule has 1 atom stereocenters. The molecule has 1 aromatic rings. The smallest absolute Gasteiger partial charge is 0.233 e. The molecule has 1 aromatic carbocycles. The van der Waals surface area contributed by atoms with Crippen molar-refractivity contribution in [3.05, 3.63) is 34.9 Å². The van der Waals surface area contributed by atoms with Gasteiger partial charge in [-0.15, -0.1) is 0 Å². The van der Waals surface area contributed by atoms with E-state index in [2.05, 4.69) is 12.1 Å². The van der Waals surface area contributed by atoms with Crippen LogP contribution in [0.15, 0.2) is 24.3 Å². The molecule has 0 aliphatic carbocycles. The number of ether oxygens (including phenoxy) is 1. The van der Waals surface area contributed by atoms with Gasteiger partial charge in [-0.05, 0) is 37.5 Å². The molecule has 1 amide bonds. The Kier molecular flexibility index (Phi) is 3.74. The van der Waals surface area contributed by atoms with Crippen molar-refractivity contribution in [3.63, 3.8) is 0 Å². The zero-order valence-electron chi connectivity index (χ0n) is 11.8. The summed E-state index contributed by atoms with van der Waals surface area (Å²) in [5, 5.41) is 0.761. The van der Waals surface area contributed by atoms with Crippen molar-refractivity contribution >= 4 is 17.5 Å². The standard InChI is InChI=1S/C16H20ClNO2/c1-16(10-20-11-16)15(19)18-8-2-3-13(9-18)12-4-6-14(17)7-5-12/h4-7,13H,2-3,8-11H2,1H3/t13-/m0/s1. The Labute approximate surface area is 124 Å². The average Bonchev–Trinajstić information content (AvgIpc) is 2.45. The van der Waals surface area contributed by atoms with Crippen molar-refractivity contribution in [2.75, 3.05) is 26.3 Å². The van der Waals surface area contributed by atoms with E-state index in [-0.39, 0.29) is 11.3 Å². The van der Waals surface area contributed by atoms with Crippen LogP contribution in [0, 0.1) is 5.41 Å². The first-order valence-electron chi connectivity index (χ1n) is 7.21. The number of benzene rings is 1. The van der Waals surface area contributed by atoms with Gasteiger partial charge in [-0.1, -0.05) is 23.7 Å². The van der Waals surface area contributed by atoms with Gasteiger partial charge in [0.1, 0.15) is 0 Å². The first-order chi connectivity index (χ1) is 9.58. The number of piperidine rings is 1. The Morgan fingerprint density at radius 2 is 2.05 bits per heavy atom. The summed E-state index contributed by atoms with van der Waals surface area (Å²) in [6, 6.07) is 8.02. The molecule has 0 radical (unpaired) electrons. The van der Waals surface area contributed by atoms with Crippen LogP contribution < -0.4 is 0 Å². The zero-order valence-corrected chi connectivity index (χ0v) is 12.5. The lowest BCUT2D eigenvalue weighted by atomic mass is 9.84. The van der Waals surface area contributed by atoms with Crippen LogP contribution >= 0.6 is 11.6 Å². The van der Waals surface area contributed by atoms with E-state index in [1.54, 1.807) is 0 Å². The maximum atomic E-state index is 12.6. The lowest BCUT2D eigenvalue weighted by molar-refractivity contribution is -0.169. The molecule has 0 N–H and O–H groups in total. The summed E-state index contributed by atoms with van der Waals surface area (Å²) in [6.45, 7) is 4.82. The Bertz CT molecular complexity index is 496.